The highest BCUT2D eigenvalue weighted by Gasteiger charge is 2.19. The van der Waals surface area contributed by atoms with Crippen molar-refractivity contribution < 1.29 is 4.39 Å². The van der Waals surface area contributed by atoms with E-state index in [4.69, 9.17) is 17.4 Å². The highest BCUT2D eigenvalue weighted by molar-refractivity contribution is 7.10. The van der Waals surface area contributed by atoms with Crippen LogP contribution in [0.25, 0.3) is 0 Å². The highest BCUT2D eigenvalue weighted by Crippen LogP contribution is 2.35. The second-order valence-corrected chi connectivity index (χ2v) is 5.55. The predicted octanol–water partition coefficient (Wildman–Crippen LogP) is 3.71. The number of hydrazine groups is 1. The summed E-state index contributed by atoms with van der Waals surface area (Å²) in [5.74, 6) is 5.32. The van der Waals surface area contributed by atoms with E-state index < -0.39 is 0 Å². The molecule has 2 nitrogen and oxygen atoms in total. The number of benzene rings is 1. The van der Waals surface area contributed by atoms with Crippen LogP contribution in [0.1, 0.15) is 27.6 Å². The van der Waals surface area contributed by atoms with E-state index in [0.29, 0.717) is 5.02 Å². The fourth-order valence-electron chi connectivity index (χ4n) is 1.90. The average Bonchev–Trinajstić information content (AvgIpc) is 2.61. The zero-order chi connectivity index (χ0) is 13.3. The molecule has 1 atom stereocenters. The Kier molecular flexibility index (Phi) is 4.02. The summed E-state index contributed by atoms with van der Waals surface area (Å²) < 4.78 is 13.4. The number of nitrogens with two attached hydrogens (primary N) is 1. The highest BCUT2D eigenvalue weighted by atomic mass is 35.5. The van der Waals surface area contributed by atoms with Crippen LogP contribution in [-0.2, 0) is 0 Å². The van der Waals surface area contributed by atoms with Crippen molar-refractivity contribution in [3.8, 4) is 0 Å². The van der Waals surface area contributed by atoms with Gasteiger partial charge in [-0.3, -0.25) is 5.84 Å². The van der Waals surface area contributed by atoms with Crippen LogP contribution in [0.3, 0.4) is 0 Å². The van der Waals surface area contributed by atoms with Crippen LogP contribution in [0.2, 0.25) is 5.02 Å². The number of thiophene rings is 1. The van der Waals surface area contributed by atoms with Crippen molar-refractivity contribution in [2.45, 2.75) is 19.9 Å². The van der Waals surface area contributed by atoms with E-state index in [-0.39, 0.29) is 11.9 Å². The molecule has 0 amide bonds. The first-order chi connectivity index (χ1) is 8.52. The smallest absolute Gasteiger partial charge is 0.123 e. The lowest BCUT2D eigenvalue weighted by atomic mass is 10.0. The second kappa shape index (κ2) is 5.36. The zero-order valence-electron chi connectivity index (χ0n) is 10.1. The maximum absolute atomic E-state index is 13.4. The van der Waals surface area contributed by atoms with E-state index in [1.54, 1.807) is 0 Å². The summed E-state index contributed by atoms with van der Waals surface area (Å²) in [6.45, 7) is 3.79. The summed E-state index contributed by atoms with van der Waals surface area (Å²) in [4.78, 5) is 0.904. The molecule has 1 aromatic heterocycles. The van der Waals surface area contributed by atoms with Gasteiger partial charge >= 0.3 is 0 Å². The zero-order valence-corrected chi connectivity index (χ0v) is 11.7. The van der Waals surface area contributed by atoms with Crippen molar-refractivity contribution in [3.05, 3.63) is 56.0 Å². The second-order valence-electron chi connectivity index (χ2n) is 4.26. The number of rotatable bonds is 3. The molecule has 0 aliphatic rings. The van der Waals surface area contributed by atoms with Gasteiger partial charge in [0, 0.05) is 4.88 Å². The van der Waals surface area contributed by atoms with E-state index in [0.717, 1.165) is 21.6 Å². The molecule has 2 rings (SSSR count). The van der Waals surface area contributed by atoms with Gasteiger partial charge in [-0.2, -0.15) is 0 Å². The number of halogens is 2. The fourth-order valence-corrected chi connectivity index (χ4v) is 3.29. The largest absolute Gasteiger partial charge is 0.271 e. The quantitative estimate of drug-likeness (QED) is 0.666. The van der Waals surface area contributed by atoms with Gasteiger partial charge in [-0.25, -0.2) is 9.82 Å². The normalized spacial score (nSPS) is 12.7. The molecule has 1 heterocycles. The summed E-state index contributed by atoms with van der Waals surface area (Å²) in [7, 11) is 0. The SMILES string of the molecule is Cc1cc(F)cc(C(NN)c2scc(C)c2Cl)c1. The minimum atomic E-state index is -0.286. The van der Waals surface area contributed by atoms with Crippen LogP contribution in [0.5, 0.6) is 0 Å². The van der Waals surface area contributed by atoms with E-state index in [1.165, 1.54) is 23.5 Å². The molecule has 96 valence electrons. The van der Waals surface area contributed by atoms with Gasteiger partial charge in [0.05, 0.1) is 11.1 Å². The maximum atomic E-state index is 13.4. The Labute approximate surface area is 115 Å². The van der Waals surface area contributed by atoms with Crippen molar-refractivity contribution in [2.75, 3.05) is 0 Å². The average molecular weight is 285 g/mol. The number of hydrogen-bond donors (Lipinski definition) is 2. The Morgan fingerprint density at radius 1 is 1.33 bits per heavy atom. The Balaban J connectivity index is 2.48. The number of aryl methyl sites for hydroxylation is 2. The van der Waals surface area contributed by atoms with Gasteiger partial charge in [0.1, 0.15) is 5.82 Å². The lowest BCUT2D eigenvalue weighted by molar-refractivity contribution is 0.607. The minimum Gasteiger partial charge on any atom is -0.271 e. The van der Waals surface area contributed by atoms with Gasteiger partial charge in [0.15, 0.2) is 0 Å². The lowest BCUT2D eigenvalue weighted by Gasteiger charge is -2.16. The summed E-state index contributed by atoms with van der Waals surface area (Å²) in [6.07, 6.45) is 0. The third kappa shape index (κ3) is 2.57. The van der Waals surface area contributed by atoms with Crippen molar-refractivity contribution >= 4 is 22.9 Å². The monoisotopic (exact) mass is 284 g/mol. The van der Waals surface area contributed by atoms with Gasteiger partial charge in [-0.05, 0) is 48.1 Å². The third-order valence-corrected chi connectivity index (χ3v) is 4.53. The van der Waals surface area contributed by atoms with Crippen molar-refractivity contribution in [1.82, 2.24) is 5.43 Å². The van der Waals surface area contributed by atoms with Crippen LogP contribution < -0.4 is 11.3 Å². The van der Waals surface area contributed by atoms with E-state index in [9.17, 15) is 4.39 Å². The van der Waals surface area contributed by atoms with Crippen molar-refractivity contribution in [2.24, 2.45) is 5.84 Å². The molecule has 0 saturated heterocycles. The van der Waals surface area contributed by atoms with Crippen LogP contribution >= 0.6 is 22.9 Å². The molecule has 18 heavy (non-hydrogen) atoms. The van der Waals surface area contributed by atoms with Crippen molar-refractivity contribution in [3.63, 3.8) is 0 Å². The first-order valence-corrected chi connectivity index (χ1v) is 6.75. The topological polar surface area (TPSA) is 38.0 Å². The first-order valence-electron chi connectivity index (χ1n) is 5.49. The molecular weight excluding hydrogens is 271 g/mol. The minimum absolute atomic E-state index is 0.269. The van der Waals surface area contributed by atoms with E-state index in [1.807, 2.05) is 25.3 Å². The van der Waals surface area contributed by atoms with Gasteiger partial charge in [-0.1, -0.05) is 17.7 Å². The summed E-state index contributed by atoms with van der Waals surface area (Å²) in [6, 6.07) is 4.57. The van der Waals surface area contributed by atoms with Gasteiger partial charge in [0.2, 0.25) is 0 Å². The number of nitrogens with one attached hydrogen (secondary N) is 1. The standard InChI is InChI=1S/C13H14ClFN2S/c1-7-3-9(5-10(15)4-7)12(17-16)13-11(14)8(2)6-18-13/h3-6,12,17H,16H2,1-2H3. The molecule has 2 aromatic rings. The molecule has 1 unspecified atom stereocenters. The molecule has 0 aliphatic heterocycles. The molecule has 0 aliphatic carbocycles. The van der Waals surface area contributed by atoms with Crippen LogP contribution in [0.15, 0.2) is 23.6 Å². The van der Waals surface area contributed by atoms with Crippen LogP contribution in [0, 0.1) is 19.7 Å². The van der Waals surface area contributed by atoms with Gasteiger partial charge in [0.25, 0.3) is 0 Å². The van der Waals surface area contributed by atoms with Crippen LogP contribution in [0.4, 0.5) is 4.39 Å². The van der Waals surface area contributed by atoms with Crippen molar-refractivity contribution in [1.29, 1.82) is 0 Å². The first kappa shape index (κ1) is 13.5. The van der Waals surface area contributed by atoms with E-state index >= 15 is 0 Å². The Morgan fingerprint density at radius 3 is 2.56 bits per heavy atom. The number of hydrogen-bond acceptors (Lipinski definition) is 3. The summed E-state index contributed by atoms with van der Waals surface area (Å²) in [5.41, 5.74) is 5.34. The molecule has 3 N–H and O–H groups in total. The summed E-state index contributed by atoms with van der Waals surface area (Å²) in [5, 5.41) is 2.65. The fraction of sp³-hybridized carbons (Fsp3) is 0.231. The lowest BCUT2D eigenvalue weighted by Crippen LogP contribution is -2.28. The molecule has 0 fully saturated rings. The molecule has 1 aromatic carbocycles. The van der Waals surface area contributed by atoms with E-state index in [2.05, 4.69) is 5.43 Å². The Hall–Kier alpha value is -0.940. The molecule has 5 heteroatoms. The molecule has 0 spiro atoms. The Morgan fingerprint density at radius 2 is 2.06 bits per heavy atom. The molecular formula is C13H14ClFN2S. The Bertz CT molecular complexity index is 548. The molecule has 0 radical (unpaired) electrons. The summed E-state index contributed by atoms with van der Waals surface area (Å²) >= 11 is 7.75. The molecule has 0 saturated carbocycles. The van der Waals surface area contributed by atoms with Crippen LogP contribution in [-0.4, -0.2) is 0 Å². The third-order valence-electron chi connectivity index (χ3n) is 2.75. The van der Waals surface area contributed by atoms with Gasteiger partial charge < -0.3 is 0 Å². The molecule has 0 bridgehead atoms. The predicted molar refractivity (Wildman–Crippen MR) is 74.4 cm³/mol. The van der Waals surface area contributed by atoms with Gasteiger partial charge in [-0.15, -0.1) is 11.3 Å². The maximum Gasteiger partial charge on any atom is 0.123 e.